The number of nitro groups is 2. The molecule has 2 atom stereocenters. The molecule has 20 heavy (non-hydrogen) atoms. The van der Waals surface area contributed by atoms with Crippen LogP contribution in [-0.4, -0.2) is 34.1 Å². The Morgan fingerprint density at radius 3 is 2.55 bits per heavy atom. The van der Waals surface area contributed by atoms with Crippen molar-refractivity contribution in [1.29, 1.82) is 0 Å². The fraction of sp³-hybridized carbons (Fsp3) is 0.500. The van der Waals surface area contributed by atoms with Crippen molar-refractivity contribution in [2.75, 3.05) is 18.0 Å². The number of hydrogen-bond acceptors (Lipinski definition) is 6. The van der Waals surface area contributed by atoms with Gasteiger partial charge in [-0.3, -0.25) is 20.2 Å². The summed E-state index contributed by atoms with van der Waals surface area (Å²) in [6.07, 6.45) is 0.161. The molecule has 1 heterocycles. The lowest BCUT2D eigenvalue weighted by Gasteiger charge is -2.35. The van der Waals surface area contributed by atoms with Crippen LogP contribution < -0.4 is 4.90 Å². The smallest absolute Gasteiger partial charge is 0.299 e. The second-order valence-electron chi connectivity index (χ2n) is 4.97. The van der Waals surface area contributed by atoms with Gasteiger partial charge in [0.05, 0.1) is 22.0 Å². The molecule has 0 bridgehead atoms. The van der Waals surface area contributed by atoms with Gasteiger partial charge < -0.3 is 10.0 Å². The monoisotopic (exact) mass is 281 g/mol. The molecule has 2 rings (SSSR count). The summed E-state index contributed by atoms with van der Waals surface area (Å²) in [4.78, 5) is 22.2. The van der Waals surface area contributed by atoms with E-state index in [1.807, 2.05) is 6.92 Å². The normalized spacial score (nSPS) is 22.6. The first kappa shape index (κ1) is 14.2. The fourth-order valence-corrected chi connectivity index (χ4v) is 2.31. The van der Waals surface area contributed by atoms with E-state index in [0.717, 1.165) is 12.5 Å². The maximum absolute atomic E-state index is 11.1. The quantitative estimate of drug-likeness (QED) is 0.667. The van der Waals surface area contributed by atoms with Crippen LogP contribution >= 0.6 is 0 Å². The molecule has 1 fully saturated rings. The Bertz CT molecular complexity index is 548. The summed E-state index contributed by atoms with van der Waals surface area (Å²) in [5.74, 6) is 0.142. The Kier molecular flexibility index (Phi) is 3.84. The fourth-order valence-electron chi connectivity index (χ4n) is 2.31. The number of rotatable bonds is 3. The van der Waals surface area contributed by atoms with Gasteiger partial charge in [-0.05, 0) is 18.4 Å². The summed E-state index contributed by atoms with van der Waals surface area (Å²) in [5, 5.41) is 31.6. The van der Waals surface area contributed by atoms with Crippen LogP contribution in [0.25, 0.3) is 0 Å². The number of benzene rings is 1. The van der Waals surface area contributed by atoms with Gasteiger partial charge in [0.25, 0.3) is 11.4 Å². The molecule has 2 unspecified atom stereocenters. The van der Waals surface area contributed by atoms with Crippen molar-refractivity contribution in [1.82, 2.24) is 0 Å². The highest BCUT2D eigenvalue weighted by atomic mass is 16.6. The van der Waals surface area contributed by atoms with Crippen molar-refractivity contribution < 1.29 is 15.0 Å². The minimum atomic E-state index is -0.663. The Balaban J connectivity index is 2.36. The molecule has 8 heteroatoms. The zero-order valence-electron chi connectivity index (χ0n) is 10.9. The first-order valence-corrected chi connectivity index (χ1v) is 6.26. The topological polar surface area (TPSA) is 110 Å². The molecule has 1 saturated heterocycles. The zero-order valence-corrected chi connectivity index (χ0v) is 10.9. The van der Waals surface area contributed by atoms with Crippen LogP contribution in [0.4, 0.5) is 17.1 Å². The largest absolute Gasteiger partial charge is 0.391 e. The van der Waals surface area contributed by atoms with E-state index >= 15 is 0 Å². The Morgan fingerprint density at radius 2 is 2.00 bits per heavy atom. The molecule has 0 radical (unpaired) electrons. The number of anilines is 1. The summed E-state index contributed by atoms with van der Waals surface area (Å²) < 4.78 is 0. The lowest BCUT2D eigenvalue weighted by molar-refractivity contribution is -0.393. The second kappa shape index (κ2) is 5.41. The minimum Gasteiger partial charge on any atom is -0.391 e. The van der Waals surface area contributed by atoms with Crippen LogP contribution in [0.3, 0.4) is 0 Å². The number of nitro benzene ring substituents is 2. The third kappa shape index (κ3) is 2.69. The number of aliphatic hydroxyl groups is 1. The third-order valence-corrected chi connectivity index (χ3v) is 3.63. The maximum atomic E-state index is 11.1. The molecule has 8 nitrogen and oxygen atoms in total. The second-order valence-corrected chi connectivity index (χ2v) is 4.97. The molecule has 1 aliphatic heterocycles. The van der Waals surface area contributed by atoms with E-state index in [9.17, 15) is 25.3 Å². The number of non-ortho nitro benzene ring substituents is 1. The highest BCUT2D eigenvalue weighted by Gasteiger charge is 2.29. The van der Waals surface area contributed by atoms with E-state index in [1.54, 1.807) is 4.90 Å². The van der Waals surface area contributed by atoms with Crippen LogP contribution in [0.5, 0.6) is 0 Å². The summed E-state index contributed by atoms with van der Waals surface area (Å²) in [5.41, 5.74) is -0.307. The van der Waals surface area contributed by atoms with E-state index < -0.39 is 16.0 Å². The zero-order chi connectivity index (χ0) is 14.9. The van der Waals surface area contributed by atoms with Crippen molar-refractivity contribution >= 4 is 17.1 Å². The first-order chi connectivity index (χ1) is 9.40. The van der Waals surface area contributed by atoms with Gasteiger partial charge in [-0.1, -0.05) is 6.92 Å². The summed E-state index contributed by atoms with van der Waals surface area (Å²) >= 11 is 0. The molecule has 0 saturated carbocycles. The molecule has 1 aromatic carbocycles. The molecule has 1 N–H and O–H groups in total. The van der Waals surface area contributed by atoms with Gasteiger partial charge in [-0.15, -0.1) is 0 Å². The van der Waals surface area contributed by atoms with Crippen LogP contribution in [0, 0.1) is 26.1 Å². The van der Waals surface area contributed by atoms with Crippen LogP contribution in [0.15, 0.2) is 18.2 Å². The lowest BCUT2D eigenvalue weighted by Crippen LogP contribution is -2.43. The van der Waals surface area contributed by atoms with Crippen LogP contribution in [0.1, 0.15) is 13.3 Å². The molecule has 0 amide bonds. The SMILES string of the molecule is CC1CCN(c2ccc([N+](=O)[O-])cc2[N+](=O)[O-])CC1O. The first-order valence-electron chi connectivity index (χ1n) is 6.26. The average molecular weight is 281 g/mol. The highest BCUT2D eigenvalue weighted by molar-refractivity contribution is 5.67. The van der Waals surface area contributed by atoms with Crippen molar-refractivity contribution in [3.8, 4) is 0 Å². The molecule has 0 aliphatic carbocycles. The summed E-state index contributed by atoms with van der Waals surface area (Å²) in [6.45, 7) is 2.79. The van der Waals surface area contributed by atoms with E-state index in [1.165, 1.54) is 12.1 Å². The molecular formula is C12H15N3O5. The van der Waals surface area contributed by atoms with Gasteiger partial charge >= 0.3 is 0 Å². The molecule has 0 aromatic heterocycles. The van der Waals surface area contributed by atoms with Gasteiger partial charge in [0.1, 0.15) is 5.69 Å². The van der Waals surface area contributed by atoms with Crippen molar-refractivity contribution in [2.45, 2.75) is 19.4 Å². The number of aliphatic hydroxyl groups excluding tert-OH is 1. The number of β-amino-alcohol motifs (C(OH)–C–C–N with tert-alkyl or cyclic N) is 1. The maximum Gasteiger partial charge on any atom is 0.299 e. The molecule has 1 aromatic rings. The number of nitrogens with zero attached hydrogens (tertiary/aromatic N) is 3. The summed E-state index contributed by atoms with van der Waals surface area (Å²) in [7, 11) is 0. The number of hydrogen-bond donors (Lipinski definition) is 1. The predicted octanol–water partition coefficient (Wildman–Crippen LogP) is 1.71. The minimum absolute atomic E-state index is 0.142. The number of piperidine rings is 1. The molecule has 1 aliphatic rings. The van der Waals surface area contributed by atoms with Crippen LogP contribution in [-0.2, 0) is 0 Å². The molecular weight excluding hydrogens is 266 g/mol. The Morgan fingerprint density at radius 1 is 1.30 bits per heavy atom. The van der Waals surface area contributed by atoms with Crippen LogP contribution in [0.2, 0.25) is 0 Å². The van der Waals surface area contributed by atoms with E-state index in [4.69, 9.17) is 0 Å². The van der Waals surface area contributed by atoms with E-state index in [0.29, 0.717) is 18.8 Å². The predicted molar refractivity (Wildman–Crippen MR) is 71.8 cm³/mol. The van der Waals surface area contributed by atoms with E-state index in [-0.39, 0.29) is 17.3 Å². The Hall–Kier alpha value is -2.22. The lowest BCUT2D eigenvalue weighted by atomic mass is 9.95. The van der Waals surface area contributed by atoms with Gasteiger partial charge in [0.2, 0.25) is 0 Å². The third-order valence-electron chi connectivity index (χ3n) is 3.63. The molecule has 0 spiro atoms. The van der Waals surface area contributed by atoms with Gasteiger partial charge in [-0.2, -0.15) is 0 Å². The van der Waals surface area contributed by atoms with Crippen molar-refractivity contribution in [3.05, 3.63) is 38.4 Å². The average Bonchev–Trinajstić information content (AvgIpc) is 2.41. The van der Waals surface area contributed by atoms with E-state index in [2.05, 4.69) is 0 Å². The summed E-state index contributed by atoms with van der Waals surface area (Å²) in [6, 6.07) is 3.57. The molecule has 108 valence electrons. The van der Waals surface area contributed by atoms with Gasteiger partial charge in [0.15, 0.2) is 0 Å². The van der Waals surface area contributed by atoms with Gasteiger partial charge in [0, 0.05) is 19.2 Å². The van der Waals surface area contributed by atoms with Gasteiger partial charge in [-0.25, -0.2) is 0 Å². The van der Waals surface area contributed by atoms with Crippen molar-refractivity contribution in [2.24, 2.45) is 5.92 Å². The van der Waals surface area contributed by atoms with Crippen molar-refractivity contribution in [3.63, 3.8) is 0 Å². The standard InChI is InChI=1S/C12H15N3O5/c1-8-4-5-13(7-12(8)16)10-3-2-9(14(17)18)6-11(10)15(19)20/h2-3,6,8,12,16H,4-5,7H2,1H3. The highest BCUT2D eigenvalue weighted by Crippen LogP contribution is 2.34. The Labute approximate surface area is 114 Å².